The summed E-state index contributed by atoms with van der Waals surface area (Å²) in [6.07, 6.45) is 12.1. The molecule has 0 saturated heterocycles. The lowest BCUT2D eigenvalue weighted by Gasteiger charge is -2.22. The average Bonchev–Trinajstić information content (AvgIpc) is 2.49. The average molecular weight is 238 g/mol. The summed E-state index contributed by atoms with van der Waals surface area (Å²) >= 11 is 0. The molecular formula is C16H18N2. The second-order valence-electron chi connectivity index (χ2n) is 5.05. The van der Waals surface area contributed by atoms with Crippen molar-refractivity contribution in [3.8, 4) is 11.3 Å². The van der Waals surface area contributed by atoms with E-state index in [9.17, 15) is 0 Å². The number of nitrogens with zero attached hydrogens (tertiary/aromatic N) is 2. The van der Waals surface area contributed by atoms with Crippen LogP contribution in [0.5, 0.6) is 0 Å². The van der Waals surface area contributed by atoms with E-state index in [1.807, 2.05) is 6.20 Å². The monoisotopic (exact) mass is 238 g/mol. The highest BCUT2D eigenvalue weighted by Crippen LogP contribution is 2.33. The summed E-state index contributed by atoms with van der Waals surface area (Å²) in [7, 11) is 0. The van der Waals surface area contributed by atoms with E-state index in [-0.39, 0.29) is 0 Å². The number of hydrogen-bond acceptors (Lipinski definition) is 2. The van der Waals surface area contributed by atoms with Crippen LogP contribution in [0.3, 0.4) is 0 Å². The van der Waals surface area contributed by atoms with Crippen LogP contribution in [0.2, 0.25) is 0 Å². The van der Waals surface area contributed by atoms with E-state index in [1.54, 1.807) is 12.4 Å². The molecule has 0 bridgehead atoms. The molecule has 0 aliphatic heterocycles. The summed E-state index contributed by atoms with van der Waals surface area (Å²) in [4.78, 5) is 8.44. The van der Waals surface area contributed by atoms with Crippen LogP contribution in [0.25, 0.3) is 11.3 Å². The Labute approximate surface area is 108 Å². The minimum absolute atomic E-state index is 0.773. The molecule has 2 nitrogen and oxygen atoms in total. The van der Waals surface area contributed by atoms with Crippen LogP contribution in [0.15, 0.2) is 42.9 Å². The molecule has 0 amide bonds. The van der Waals surface area contributed by atoms with Crippen molar-refractivity contribution in [1.82, 2.24) is 9.97 Å². The Morgan fingerprint density at radius 2 is 1.67 bits per heavy atom. The highest BCUT2D eigenvalue weighted by Gasteiger charge is 2.15. The van der Waals surface area contributed by atoms with Gasteiger partial charge in [-0.2, -0.15) is 0 Å². The number of rotatable bonds is 2. The van der Waals surface area contributed by atoms with Gasteiger partial charge in [-0.05, 0) is 24.3 Å². The van der Waals surface area contributed by atoms with Gasteiger partial charge in [0, 0.05) is 18.0 Å². The summed E-state index contributed by atoms with van der Waals surface area (Å²) in [5.74, 6) is 0.773. The zero-order chi connectivity index (χ0) is 12.2. The first-order chi connectivity index (χ1) is 8.93. The van der Waals surface area contributed by atoms with E-state index in [2.05, 4.69) is 34.2 Å². The molecule has 2 heteroatoms. The summed E-state index contributed by atoms with van der Waals surface area (Å²) in [6.45, 7) is 0. The van der Waals surface area contributed by atoms with Crippen LogP contribution in [-0.4, -0.2) is 9.97 Å². The van der Waals surface area contributed by atoms with Gasteiger partial charge in [-0.25, -0.2) is 0 Å². The Bertz CT molecular complexity index is 484. The van der Waals surface area contributed by atoms with Crippen molar-refractivity contribution in [2.45, 2.75) is 38.0 Å². The van der Waals surface area contributed by atoms with Crippen molar-refractivity contribution >= 4 is 0 Å². The SMILES string of the molecule is c1cnc(-c2ccc(C3CCCCC3)cc2)cn1. The first-order valence-corrected chi connectivity index (χ1v) is 6.80. The lowest BCUT2D eigenvalue weighted by atomic mass is 9.84. The quantitative estimate of drug-likeness (QED) is 0.784. The van der Waals surface area contributed by atoms with Crippen molar-refractivity contribution in [2.24, 2.45) is 0 Å². The van der Waals surface area contributed by atoms with Crippen LogP contribution in [0.4, 0.5) is 0 Å². The molecule has 1 aliphatic rings. The summed E-state index contributed by atoms with van der Waals surface area (Å²) in [5, 5.41) is 0. The van der Waals surface area contributed by atoms with Crippen molar-refractivity contribution < 1.29 is 0 Å². The van der Waals surface area contributed by atoms with Crippen LogP contribution in [-0.2, 0) is 0 Å². The van der Waals surface area contributed by atoms with Crippen LogP contribution < -0.4 is 0 Å². The third-order valence-electron chi connectivity index (χ3n) is 3.85. The molecule has 18 heavy (non-hydrogen) atoms. The largest absolute Gasteiger partial charge is 0.261 e. The van der Waals surface area contributed by atoms with Crippen molar-refractivity contribution in [3.63, 3.8) is 0 Å². The summed E-state index contributed by atoms with van der Waals surface area (Å²) in [5.41, 5.74) is 3.60. The van der Waals surface area contributed by atoms with Gasteiger partial charge in [-0.1, -0.05) is 43.5 Å². The Morgan fingerprint density at radius 1 is 0.889 bits per heavy atom. The topological polar surface area (TPSA) is 25.8 Å². The second-order valence-corrected chi connectivity index (χ2v) is 5.05. The minimum atomic E-state index is 0.773. The molecule has 1 aliphatic carbocycles. The third kappa shape index (κ3) is 2.42. The van der Waals surface area contributed by atoms with Gasteiger partial charge in [0.05, 0.1) is 11.9 Å². The fourth-order valence-corrected chi connectivity index (χ4v) is 2.81. The highest BCUT2D eigenvalue weighted by molar-refractivity contribution is 5.58. The normalized spacial score (nSPS) is 16.7. The van der Waals surface area contributed by atoms with E-state index in [0.29, 0.717) is 0 Å². The number of aromatic nitrogens is 2. The van der Waals surface area contributed by atoms with Crippen LogP contribution >= 0.6 is 0 Å². The van der Waals surface area contributed by atoms with Crippen LogP contribution in [0, 0.1) is 0 Å². The van der Waals surface area contributed by atoms with Crippen molar-refractivity contribution in [1.29, 1.82) is 0 Å². The van der Waals surface area contributed by atoms with Gasteiger partial charge in [0.1, 0.15) is 0 Å². The maximum atomic E-state index is 4.33. The van der Waals surface area contributed by atoms with Gasteiger partial charge < -0.3 is 0 Å². The molecule has 0 unspecified atom stereocenters. The first-order valence-electron chi connectivity index (χ1n) is 6.80. The van der Waals surface area contributed by atoms with Crippen molar-refractivity contribution in [3.05, 3.63) is 48.4 Å². The maximum absolute atomic E-state index is 4.33. The lowest BCUT2D eigenvalue weighted by molar-refractivity contribution is 0.443. The molecule has 1 aromatic heterocycles. The zero-order valence-electron chi connectivity index (χ0n) is 10.5. The van der Waals surface area contributed by atoms with E-state index in [4.69, 9.17) is 0 Å². The Kier molecular flexibility index (Phi) is 3.35. The molecule has 92 valence electrons. The Balaban J connectivity index is 1.80. The number of hydrogen-bond donors (Lipinski definition) is 0. The molecule has 2 aromatic rings. The molecule has 0 radical (unpaired) electrons. The van der Waals surface area contributed by atoms with E-state index >= 15 is 0 Å². The smallest absolute Gasteiger partial charge is 0.0885 e. The standard InChI is InChI=1S/C16H18N2/c1-2-4-13(5-3-1)14-6-8-15(9-7-14)16-12-17-10-11-18-16/h6-13H,1-5H2. The van der Waals surface area contributed by atoms with E-state index in [1.165, 1.54) is 37.7 Å². The zero-order valence-corrected chi connectivity index (χ0v) is 10.5. The van der Waals surface area contributed by atoms with Gasteiger partial charge in [-0.3, -0.25) is 9.97 Å². The Morgan fingerprint density at radius 3 is 2.33 bits per heavy atom. The van der Waals surface area contributed by atoms with Gasteiger partial charge in [0.2, 0.25) is 0 Å². The fraction of sp³-hybridized carbons (Fsp3) is 0.375. The predicted molar refractivity (Wildman–Crippen MR) is 73.3 cm³/mol. The molecule has 1 aromatic carbocycles. The second kappa shape index (κ2) is 5.30. The van der Waals surface area contributed by atoms with Gasteiger partial charge in [0.15, 0.2) is 0 Å². The first kappa shape index (κ1) is 11.4. The van der Waals surface area contributed by atoms with Gasteiger partial charge in [-0.15, -0.1) is 0 Å². The van der Waals surface area contributed by atoms with E-state index in [0.717, 1.165) is 17.2 Å². The predicted octanol–water partition coefficient (Wildman–Crippen LogP) is 4.19. The number of benzene rings is 1. The summed E-state index contributed by atoms with van der Waals surface area (Å²) < 4.78 is 0. The molecule has 1 heterocycles. The van der Waals surface area contributed by atoms with E-state index < -0.39 is 0 Å². The third-order valence-corrected chi connectivity index (χ3v) is 3.85. The Hall–Kier alpha value is -1.70. The van der Waals surface area contributed by atoms with Gasteiger partial charge in [0.25, 0.3) is 0 Å². The molecular weight excluding hydrogens is 220 g/mol. The lowest BCUT2D eigenvalue weighted by Crippen LogP contribution is -2.04. The van der Waals surface area contributed by atoms with Crippen LogP contribution in [0.1, 0.15) is 43.6 Å². The molecule has 1 saturated carbocycles. The molecule has 0 atom stereocenters. The molecule has 0 N–H and O–H groups in total. The van der Waals surface area contributed by atoms with Gasteiger partial charge >= 0.3 is 0 Å². The molecule has 1 fully saturated rings. The molecule has 0 spiro atoms. The molecule has 3 rings (SSSR count). The summed E-state index contributed by atoms with van der Waals surface area (Å²) in [6, 6.07) is 8.88. The van der Waals surface area contributed by atoms with Crippen molar-refractivity contribution in [2.75, 3.05) is 0 Å². The minimum Gasteiger partial charge on any atom is -0.261 e. The highest BCUT2D eigenvalue weighted by atomic mass is 14.8. The fourth-order valence-electron chi connectivity index (χ4n) is 2.81. The maximum Gasteiger partial charge on any atom is 0.0885 e.